The van der Waals surface area contributed by atoms with Crippen molar-refractivity contribution in [2.24, 2.45) is 12.8 Å². The summed E-state index contributed by atoms with van der Waals surface area (Å²) in [5, 5.41) is 7.75. The highest BCUT2D eigenvalue weighted by Gasteiger charge is 2.25. The maximum atomic E-state index is 11.6. The van der Waals surface area contributed by atoms with Crippen molar-refractivity contribution in [2.75, 3.05) is 29.0 Å². The van der Waals surface area contributed by atoms with Gasteiger partial charge >= 0.3 is 0 Å². The molecule has 0 bridgehead atoms. The number of rotatable bonds is 7. The standard InChI is InChI=1S/C24H31N9O/c1-32-14-16(12-29-32)15-9-18-19(13-28-23(18)27-11-15)20-10-22(31-24(26)30-20)33(8-7-21(25)34)17-5-3-2-4-6-17/h9-10,12-14,17,27-28H,2-8,11H2,1H3,(H2,25,34)(H2,26,30,31). The largest absolute Gasteiger partial charge is 0.370 e. The number of carbonyl (C=O) groups excluding carboxylic acids is 1. The maximum absolute atomic E-state index is 11.6. The SMILES string of the molecule is Cn1cc(C2=Cc3c(-c4cc(N(CCC(N)=O)C5CCCCC5)nc(N)n4)c[nH]c3NC2)cn1. The molecular weight excluding hydrogens is 430 g/mol. The van der Waals surface area contributed by atoms with Gasteiger partial charge in [0.05, 0.1) is 11.9 Å². The predicted molar refractivity (Wildman–Crippen MR) is 134 cm³/mol. The van der Waals surface area contributed by atoms with Gasteiger partial charge in [0.15, 0.2) is 0 Å². The molecule has 0 radical (unpaired) electrons. The Balaban J connectivity index is 1.52. The van der Waals surface area contributed by atoms with Crippen molar-refractivity contribution < 1.29 is 4.79 Å². The summed E-state index contributed by atoms with van der Waals surface area (Å²) >= 11 is 0. The number of carbonyl (C=O) groups is 1. The second-order valence-corrected chi connectivity index (χ2v) is 9.09. The third-order valence-electron chi connectivity index (χ3n) is 6.68. The zero-order valence-electron chi connectivity index (χ0n) is 19.4. The van der Waals surface area contributed by atoms with Crippen molar-refractivity contribution in [3.05, 3.63) is 35.8 Å². The van der Waals surface area contributed by atoms with Crippen molar-refractivity contribution in [2.45, 2.75) is 44.6 Å². The number of anilines is 3. The van der Waals surface area contributed by atoms with Gasteiger partial charge in [-0.25, -0.2) is 4.98 Å². The Kier molecular flexibility index (Phi) is 5.95. The van der Waals surface area contributed by atoms with Crippen LogP contribution in [0, 0.1) is 0 Å². The molecule has 1 saturated carbocycles. The van der Waals surface area contributed by atoms with Gasteiger partial charge in [-0.2, -0.15) is 10.1 Å². The van der Waals surface area contributed by atoms with E-state index in [9.17, 15) is 4.79 Å². The van der Waals surface area contributed by atoms with Gasteiger partial charge in [0.1, 0.15) is 11.6 Å². The van der Waals surface area contributed by atoms with Crippen molar-refractivity contribution in [3.63, 3.8) is 0 Å². The topological polar surface area (TPSA) is 144 Å². The molecule has 4 heterocycles. The van der Waals surface area contributed by atoms with Gasteiger partial charge < -0.3 is 26.7 Å². The number of H-pyrrole nitrogens is 1. The minimum Gasteiger partial charge on any atom is -0.370 e. The number of hydrogen-bond acceptors (Lipinski definition) is 7. The molecule has 6 N–H and O–H groups in total. The molecule has 1 fully saturated rings. The summed E-state index contributed by atoms with van der Waals surface area (Å²) in [5.74, 6) is 1.58. The second kappa shape index (κ2) is 9.20. The lowest BCUT2D eigenvalue weighted by Crippen LogP contribution is -2.39. The smallest absolute Gasteiger partial charge is 0.222 e. The first-order valence-electron chi connectivity index (χ1n) is 11.8. The molecule has 0 unspecified atom stereocenters. The number of aromatic amines is 1. The summed E-state index contributed by atoms with van der Waals surface area (Å²) in [6.45, 7) is 1.23. The average Bonchev–Trinajstić information content (AvgIpc) is 3.45. The molecule has 0 saturated heterocycles. The van der Waals surface area contributed by atoms with E-state index >= 15 is 0 Å². The minimum atomic E-state index is -0.318. The molecule has 1 aliphatic carbocycles. The molecule has 0 spiro atoms. The Morgan fingerprint density at radius 2 is 2.09 bits per heavy atom. The number of primary amides is 1. The van der Waals surface area contributed by atoms with E-state index in [2.05, 4.69) is 36.3 Å². The lowest BCUT2D eigenvalue weighted by molar-refractivity contribution is -0.117. The number of aromatic nitrogens is 5. The minimum absolute atomic E-state index is 0.211. The van der Waals surface area contributed by atoms with Crippen molar-refractivity contribution in [1.82, 2.24) is 24.7 Å². The zero-order chi connectivity index (χ0) is 23.7. The highest BCUT2D eigenvalue weighted by atomic mass is 16.1. The van der Waals surface area contributed by atoms with Crippen molar-refractivity contribution in [3.8, 4) is 11.3 Å². The third kappa shape index (κ3) is 4.48. The van der Waals surface area contributed by atoms with Gasteiger partial charge in [-0.3, -0.25) is 9.48 Å². The molecule has 3 aromatic heterocycles. The van der Waals surface area contributed by atoms with E-state index in [1.165, 1.54) is 19.3 Å². The Bertz CT molecular complexity index is 1220. The summed E-state index contributed by atoms with van der Waals surface area (Å²) in [4.78, 5) is 26.2. The molecule has 10 nitrogen and oxygen atoms in total. The monoisotopic (exact) mass is 461 g/mol. The molecule has 178 valence electrons. The van der Waals surface area contributed by atoms with E-state index < -0.39 is 0 Å². The van der Waals surface area contributed by atoms with Crippen LogP contribution in [-0.4, -0.2) is 49.8 Å². The summed E-state index contributed by atoms with van der Waals surface area (Å²) in [6, 6.07) is 2.29. The second-order valence-electron chi connectivity index (χ2n) is 9.09. The summed E-state index contributed by atoms with van der Waals surface area (Å²) in [6.07, 6.45) is 14.0. The Hall–Kier alpha value is -3.82. The maximum Gasteiger partial charge on any atom is 0.222 e. The predicted octanol–water partition coefficient (Wildman–Crippen LogP) is 2.77. The van der Waals surface area contributed by atoms with Gasteiger partial charge in [-0.15, -0.1) is 0 Å². The quantitative estimate of drug-likeness (QED) is 0.423. The Morgan fingerprint density at radius 1 is 1.26 bits per heavy atom. The van der Waals surface area contributed by atoms with Gasteiger partial charge in [0, 0.05) is 67.8 Å². The molecule has 0 atom stereocenters. The van der Waals surface area contributed by atoms with Gasteiger partial charge in [0.2, 0.25) is 11.9 Å². The molecule has 2 aliphatic rings. The molecule has 3 aromatic rings. The summed E-state index contributed by atoms with van der Waals surface area (Å²) in [5.41, 5.74) is 16.6. The van der Waals surface area contributed by atoms with Gasteiger partial charge in [-0.05, 0) is 24.5 Å². The van der Waals surface area contributed by atoms with Crippen LogP contribution in [0.25, 0.3) is 22.9 Å². The fraction of sp³-hybridized carbons (Fsp3) is 0.417. The molecule has 1 amide bonds. The van der Waals surface area contributed by atoms with Crippen LogP contribution in [-0.2, 0) is 11.8 Å². The van der Waals surface area contributed by atoms with E-state index in [4.69, 9.17) is 11.5 Å². The van der Waals surface area contributed by atoms with E-state index in [0.29, 0.717) is 19.1 Å². The highest BCUT2D eigenvalue weighted by Crippen LogP contribution is 2.37. The normalized spacial score (nSPS) is 16.0. The number of nitrogen functional groups attached to an aromatic ring is 1. The number of hydrogen-bond donors (Lipinski definition) is 4. The van der Waals surface area contributed by atoms with E-state index in [1.807, 2.05) is 31.7 Å². The van der Waals surface area contributed by atoms with E-state index in [0.717, 1.165) is 52.4 Å². The van der Waals surface area contributed by atoms with Crippen LogP contribution >= 0.6 is 0 Å². The molecule has 0 aromatic carbocycles. The Labute approximate surface area is 198 Å². The first-order chi connectivity index (χ1) is 16.5. The number of fused-ring (bicyclic) bond motifs is 1. The summed E-state index contributed by atoms with van der Waals surface area (Å²) < 4.78 is 1.80. The molecular formula is C24H31N9O. The van der Waals surface area contributed by atoms with E-state index in [1.54, 1.807) is 4.68 Å². The van der Waals surface area contributed by atoms with Crippen LogP contribution in [0.1, 0.15) is 49.7 Å². The number of nitrogens with one attached hydrogen (secondary N) is 2. The molecule has 10 heteroatoms. The van der Waals surface area contributed by atoms with Crippen LogP contribution in [0.3, 0.4) is 0 Å². The fourth-order valence-corrected chi connectivity index (χ4v) is 4.97. The molecule has 1 aliphatic heterocycles. The van der Waals surface area contributed by atoms with E-state index in [-0.39, 0.29) is 18.3 Å². The molecule has 5 rings (SSSR count). The molecule has 34 heavy (non-hydrogen) atoms. The fourth-order valence-electron chi connectivity index (χ4n) is 4.97. The number of aryl methyl sites for hydroxylation is 1. The first-order valence-corrected chi connectivity index (χ1v) is 11.8. The number of nitrogens with two attached hydrogens (primary N) is 2. The lowest BCUT2D eigenvalue weighted by atomic mass is 9.94. The Morgan fingerprint density at radius 3 is 2.82 bits per heavy atom. The number of amides is 1. The van der Waals surface area contributed by atoms with Gasteiger partial charge in [-0.1, -0.05) is 19.3 Å². The summed E-state index contributed by atoms with van der Waals surface area (Å²) in [7, 11) is 1.91. The third-order valence-corrected chi connectivity index (χ3v) is 6.68. The van der Waals surface area contributed by atoms with Crippen molar-refractivity contribution >= 4 is 35.1 Å². The van der Waals surface area contributed by atoms with Crippen LogP contribution < -0.4 is 21.7 Å². The van der Waals surface area contributed by atoms with Crippen LogP contribution in [0.4, 0.5) is 17.6 Å². The van der Waals surface area contributed by atoms with Crippen LogP contribution in [0.15, 0.2) is 24.7 Å². The van der Waals surface area contributed by atoms with Crippen molar-refractivity contribution in [1.29, 1.82) is 0 Å². The number of nitrogens with zero attached hydrogens (tertiary/aromatic N) is 5. The first kappa shape index (κ1) is 22.0. The highest BCUT2D eigenvalue weighted by molar-refractivity contribution is 5.95. The average molecular weight is 462 g/mol. The van der Waals surface area contributed by atoms with Crippen LogP contribution in [0.5, 0.6) is 0 Å². The zero-order valence-corrected chi connectivity index (χ0v) is 19.4. The van der Waals surface area contributed by atoms with Gasteiger partial charge in [0.25, 0.3) is 0 Å². The van der Waals surface area contributed by atoms with Crippen LogP contribution in [0.2, 0.25) is 0 Å². The lowest BCUT2D eigenvalue weighted by Gasteiger charge is -2.35.